The number of β-amino-alcohol motifs (C(OH)–C–C–N with tert-alkyl or cyclic N) is 1. The van der Waals surface area contributed by atoms with Crippen LogP contribution in [-0.4, -0.2) is 35.2 Å². The topological polar surface area (TPSA) is 78.6 Å². The molecule has 0 aliphatic carbocycles. The number of carbonyl (C=O) groups excluding carboxylic acids is 1. The van der Waals surface area contributed by atoms with Gasteiger partial charge in [-0.2, -0.15) is 0 Å². The lowest BCUT2D eigenvalue weighted by Crippen LogP contribution is -2.39. The van der Waals surface area contributed by atoms with Crippen LogP contribution < -0.4 is 10.2 Å². The van der Waals surface area contributed by atoms with Crippen LogP contribution in [0.25, 0.3) is 0 Å². The summed E-state index contributed by atoms with van der Waals surface area (Å²) in [5.74, 6) is 1.67. The van der Waals surface area contributed by atoms with Crippen LogP contribution in [0.4, 0.5) is 5.82 Å². The van der Waals surface area contributed by atoms with Crippen LogP contribution in [0.1, 0.15) is 40.3 Å². The van der Waals surface area contributed by atoms with Gasteiger partial charge in [0, 0.05) is 37.0 Å². The van der Waals surface area contributed by atoms with Crippen molar-refractivity contribution < 1.29 is 14.3 Å². The number of hydrogen-bond donors (Lipinski definition) is 2. The summed E-state index contributed by atoms with van der Waals surface area (Å²) in [6, 6.07) is 5.65. The van der Waals surface area contributed by atoms with Crippen molar-refractivity contribution in [3.8, 4) is 0 Å². The first-order chi connectivity index (χ1) is 11.5. The zero-order valence-electron chi connectivity index (χ0n) is 14.1. The summed E-state index contributed by atoms with van der Waals surface area (Å²) in [7, 11) is 0. The molecule has 3 heterocycles. The fourth-order valence-electron chi connectivity index (χ4n) is 3.12. The largest absolute Gasteiger partial charge is 0.456 e. The molecular weight excluding hydrogens is 306 g/mol. The van der Waals surface area contributed by atoms with Crippen LogP contribution >= 0.6 is 0 Å². The second-order valence-corrected chi connectivity index (χ2v) is 6.28. The summed E-state index contributed by atoms with van der Waals surface area (Å²) < 4.78 is 5.45. The first kappa shape index (κ1) is 16.5. The summed E-state index contributed by atoms with van der Waals surface area (Å²) in [5.41, 5.74) is 1.76. The number of nitrogens with zero attached hydrogens (tertiary/aromatic N) is 2. The number of aliphatic hydroxyl groups excluding tert-OH is 1. The Hall–Kier alpha value is -2.34. The number of nitrogens with one attached hydrogen (secondary N) is 1. The minimum atomic E-state index is -0.322. The average molecular weight is 329 g/mol. The third-order valence-corrected chi connectivity index (χ3v) is 4.25. The summed E-state index contributed by atoms with van der Waals surface area (Å²) >= 11 is 0. The number of pyridine rings is 1. The first-order valence-corrected chi connectivity index (χ1v) is 8.26. The van der Waals surface area contributed by atoms with Crippen molar-refractivity contribution >= 4 is 11.7 Å². The molecule has 1 saturated heterocycles. The van der Waals surface area contributed by atoms with Crippen LogP contribution in [0.3, 0.4) is 0 Å². The van der Waals surface area contributed by atoms with Gasteiger partial charge in [-0.1, -0.05) is 6.07 Å². The third kappa shape index (κ3) is 3.59. The van der Waals surface area contributed by atoms with Gasteiger partial charge in [0.1, 0.15) is 11.6 Å². The Morgan fingerprint density at radius 3 is 3.04 bits per heavy atom. The number of amides is 1. The molecule has 1 amide bonds. The van der Waals surface area contributed by atoms with Crippen molar-refractivity contribution in [3.63, 3.8) is 0 Å². The Labute approximate surface area is 141 Å². The predicted octanol–water partition coefficient (Wildman–Crippen LogP) is 2.18. The number of aryl methyl sites for hydroxylation is 2. The molecule has 2 aromatic rings. The van der Waals surface area contributed by atoms with Crippen molar-refractivity contribution in [3.05, 3.63) is 47.0 Å². The minimum absolute atomic E-state index is 0.228. The smallest absolute Gasteiger partial charge is 0.287 e. The normalized spacial score (nSPS) is 17.8. The molecular formula is C18H23N3O3. The summed E-state index contributed by atoms with van der Waals surface area (Å²) in [4.78, 5) is 18.8. The summed E-state index contributed by atoms with van der Waals surface area (Å²) in [6.07, 6.45) is 3.18. The van der Waals surface area contributed by atoms with Crippen LogP contribution in [-0.2, 0) is 6.54 Å². The van der Waals surface area contributed by atoms with E-state index in [1.165, 1.54) is 0 Å². The molecule has 128 valence electrons. The molecule has 6 heteroatoms. The zero-order chi connectivity index (χ0) is 17.1. The minimum Gasteiger partial charge on any atom is -0.456 e. The molecule has 0 saturated carbocycles. The highest BCUT2D eigenvalue weighted by Crippen LogP contribution is 2.22. The molecule has 1 aliphatic heterocycles. The quantitative estimate of drug-likeness (QED) is 0.899. The van der Waals surface area contributed by atoms with Crippen molar-refractivity contribution in [2.24, 2.45) is 0 Å². The summed E-state index contributed by atoms with van der Waals surface area (Å²) in [5, 5.41) is 12.8. The van der Waals surface area contributed by atoms with Crippen molar-refractivity contribution in [2.75, 3.05) is 18.0 Å². The van der Waals surface area contributed by atoms with Crippen LogP contribution in [0.5, 0.6) is 0 Å². The molecule has 1 atom stereocenters. The zero-order valence-corrected chi connectivity index (χ0v) is 14.1. The lowest BCUT2D eigenvalue weighted by molar-refractivity contribution is 0.0921. The van der Waals surface area contributed by atoms with E-state index < -0.39 is 0 Å². The van der Waals surface area contributed by atoms with E-state index >= 15 is 0 Å². The van der Waals surface area contributed by atoms with Crippen LogP contribution in [0.2, 0.25) is 0 Å². The number of carbonyl (C=O) groups is 1. The molecule has 3 rings (SSSR count). The number of piperidine rings is 1. The molecule has 2 aromatic heterocycles. The lowest BCUT2D eigenvalue weighted by Gasteiger charge is -2.32. The van der Waals surface area contributed by atoms with Gasteiger partial charge in [-0.05, 0) is 38.8 Å². The van der Waals surface area contributed by atoms with Crippen LogP contribution in [0.15, 0.2) is 28.8 Å². The maximum absolute atomic E-state index is 12.3. The summed E-state index contributed by atoms with van der Waals surface area (Å²) in [6.45, 7) is 5.49. The fourth-order valence-corrected chi connectivity index (χ4v) is 3.12. The number of aromatic nitrogens is 1. The SMILES string of the molecule is Cc1cc(C)c(C(=O)NCc2cccnc2N2CCC[C@H](O)C2)o1. The third-order valence-electron chi connectivity index (χ3n) is 4.25. The maximum atomic E-state index is 12.3. The number of rotatable bonds is 4. The second-order valence-electron chi connectivity index (χ2n) is 6.28. The molecule has 0 bridgehead atoms. The van der Waals surface area contributed by atoms with Gasteiger partial charge >= 0.3 is 0 Å². The number of furan rings is 1. The molecule has 1 aliphatic rings. The number of aliphatic hydroxyl groups is 1. The Kier molecular flexibility index (Phi) is 4.85. The highest BCUT2D eigenvalue weighted by atomic mass is 16.3. The van der Waals surface area contributed by atoms with Gasteiger partial charge in [0.25, 0.3) is 5.91 Å². The van der Waals surface area contributed by atoms with E-state index in [0.29, 0.717) is 18.8 Å². The van der Waals surface area contributed by atoms with Gasteiger partial charge in [-0.15, -0.1) is 0 Å². The van der Waals surface area contributed by atoms with Crippen LogP contribution in [0, 0.1) is 13.8 Å². The van der Waals surface area contributed by atoms with E-state index in [4.69, 9.17) is 4.42 Å². The van der Waals surface area contributed by atoms with Gasteiger partial charge in [0.05, 0.1) is 6.10 Å². The lowest BCUT2D eigenvalue weighted by atomic mass is 10.1. The fraction of sp³-hybridized carbons (Fsp3) is 0.444. The standard InChI is InChI=1S/C18H23N3O3/c1-12-9-13(2)24-16(12)18(23)20-10-14-5-3-7-19-17(14)21-8-4-6-15(22)11-21/h3,5,7,9,15,22H,4,6,8,10-11H2,1-2H3,(H,20,23)/t15-/m0/s1. The van der Waals surface area contributed by atoms with Crippen molar-refractivity contribution in [2.45, 2.75) is 39.3 Å². The van der Waals surface area contributed by atoms with E-state index in [2.05, 4.69) is 15.2 Å². The second kappa shape index (κ2) is 7.05. The first-order valence-electron chi connectivity index (χ1n) is 8.26. The molecule has 6 nitrogen and oxygen atoms in total. The highest BCUT2D eigenvalue weighted by Gasteiger charge is 2.21. The molecule has 24 heavy (non-hydrogen) atoms. The Morgan fingerprint density at radius 1 is 1.50 bits per heavy atom. The maximum Gasteiger partial charge on any atom is 0.287 e. The van der Waals surface area contributed by atoms with Gasteiger partial charge in [0.15, 0.2) is 5.76 Å². The van der Waals surface area contributed by atoms with Gasteiger partial charge < -0.3 is 19.7 Å². The Bertz CT molecular complexity index is 726. The molecule has 0 spiro atoms. The Morgan fingerprint density at radius 2 is 2.33 bits per heavy atom. The van der Waals surface area contributed by atoms with E-state index in [1.54, 1.807) is 6.20 Å². The van der Waals surface area contributed by atoms with Crippen molar-refractivity contribution in [1.82, 2.24) is 10.3 Å². The molecule has 0 radical (unpaired) electrons. The molecule has 0 unspecified atom stereocenters. The van der Waals surface area contributed by atoms with Crippen molar-refractivity contribution in [1.29, 1.82) is 0 Å². The molecule has 2 N–H and O–H groups in total. The molecule has 0 aromatic carbocycles. The highest BCUT2D eigenvalue weighted by molar-refractivity contribution is 5.92. The average Bonchev–Trinajstić information content (AvgIpc) is 2.91. The van der Waals surface area contributed by atoms with Gasteiger partial charge in [-0.3, -0.25) is 4.79 Å². The molecule has 1 fully saturated rings. The monoisotopic (exact) mass is 329 g/mol. The van der Waals surface area contributed by atoms with E-state index in [-0.39, 0.29) is 12.0 Å². The van der Waals surface area contributed by atoms with Gasteiger partial charge in [0.2, 0.25) is 0 Å². The van der Waals surface area contributed by atoms with E-state index in [9.17, 15) is 9.90 Å². The number of anilines is 1. The van der Waals surface area contributed by atoms with Gasteiger partial charge in [-0.25, -0.2) is 4.98 Å². The number of hydrogen-bond acceptors (Lipinski definition) is 5. The van der Waals surface area contributed by atoms with E-state index in [0.717, 1.165) is 42.1 Å². The Balaban J connectivity index is 1.71. The predicted molar refractivity (Wildman–Crippen MR) is 91.0 cm³/mol. The van der Waals surface area contributed by atoms with E-state index in [1.807, 2.05) is 32.0 Å².